The van der Waals surface area contributed by atoms with Crippen LogP contribution in [-0.2, 0) is 9.31 Å². The monoisotopic (exact) mass is 274 g/mol. The average Bonchev–Trinajstić information content (AvgIpc) is 2.58. The van der Waals surface area contributed by atoms with E-state index < -0.39 is 0 Å². The highest BCUT2D eigenvalue weighted by molar-refractivity contribution is 6.45. The van der Waals surface area contributed by atoms with Gasteiger partial charge in [-0.15, -0.1) is 0 Å². The number of fused-ring (bicyclic) bond motifs is 1. The molecule has 1 fully saturated rings. The van der Waals surface area contributed by atoms with Crippen molar-refractivity contribution >= 4 is 7.12 Å². The maximum absolute atomic E-state index is 6.12. The van der Waals surface area contributed by atoms with Crippen LogP contribution in [0.2, 0.25) is 6.32 Å². The number of hydrogen-bond donors (Lipinski definition) is 0. The van der Waals surface area contributed by atoms with Crippen LogP contribution in [0.3, 0.4) is 0 Å². The molecule has 0 N–H and O–H groups in total. The first-order chi connectivity index (χ1) is 9.39. The van der Waals surface area contributed by atoms with Crippen LogP contribution >= 0.6 is 0 Å². The Bertz CT molecular complexity index is 482. The second-order valence-electron chi connectivity index (χ2n) is 6.79. The fourth-order valence-corrected chi connectivity index (χ4v) is 2.95. The van der Waals surface area contributed by atoms with E-state index in [1.807, 2.05) is 12.1 Å². The third-order valence-corrected chi connectivity index (χ3v) is 4.86. The van der Waals surface area contributed by atoms with Gasteiger partial charge < -0.3 is 14.0 Å². The van der Waals surface area contributed by atoms with Gasteiger partial charge in [-0.25, -0.2) is 0 Å². The molecule has 0 bridgehead atoms. The Morgan fingerprint density at radius 3 is 2.45 bits per heavy atom. The molecule has 0 aliphatic carbocycles. The normalized spacial score (nSPS) is 27.0. The molecule has 4 heteroatoms. The van der Waals surface area contributed by atoms with Crippen LogP contribution in [0.5, 0.6) is 5.75 Å². The van der Waals surface area contributed by atoms with Crippen molar-refractivity contribution < 1.29 is 14.0 Å². The zero-order chi connectivity index (χ0) is 14.4. The summed E-state index contributed by atoms with van der Waals surface area (Å²) in [6, 6.07) is 8.30. The molecule has 1 saturated heterocycles. The molecule has 1 aromatic rings. The third-order valence-electron chi connectivity index (χ3n) is 4.86. The van der Waals surface area contributed by atoms with Crippen molar-refractivity contribution in [3.05, 3.63) is 29.8 Å². The highest BCUT2D eigenvalue weighted by Crippen LogP contribution is 2.42. The van der Waals surface area contributed by atoms with Gasteiger partial charge in [-0.05, 0) is 58.0 Å². The van der Waals surface area contributed by atoms with Crippen molar-refractivity contribution in [2.75, 3.05) is 6.61 Å². The Hall–Kier alpha value is -0.995. The third kappa shape index (κ3) is 2.36. The first-order valence-electron chi connectivity index (χ1n) is 7.46. The minimum Gasteiger partial charge on any atom is -0.493 e. The number of rotatable bonds is 2. The molecule has 0 spiro atoms. The molecule has 1 aromatic carbocycles. The van der Waals surface area contributed by atoms with Gasteiger partial charge in [0, 0.05) is 0 Å². The molecule has 0 aromatic heterocycles. The lowest BCUT2D eigenvalue weighted by Crippen LogP contribution is -2.41. The Morgan fingerprint density at radius 1 is 1.10 bits per heavy atom. The molecule has 108 valence electrons. The summed E-state index contributed by atoms with van der Waals surface area (Å²) in [5.41, 5.74) is 0.790. The Morgan fingerprint density at radius 2 is 1.75 bits per heavy atom. The van der Waals surface area contributed by atoms with Crippen LogP contribution in [0.15, 0.2) is 24.3 Å². The predicted octanol–water partition coefficient (Wildman–Crippen LogP) is 3.64. The van der Waals surface area contributed by atoms with Crippen LogP contribution in [0, 0.1) is 0 Å². The van der Waals surface area contributed by atoms with Crippen molar-refractivity contribution in [2.45, 2.75) is 57.6 Å². The molecule has 2 aliphatic rings. The van der Waals surface area contributed by atoms with Crippen molar-refractivity contribution in [1.82, 2.24) is 0 Å². The van der Waals surface area contributed by atoms with Crippen LogP contribution in [-0.4, -0.2) is 24.9 Å². The lowest BCUT2D eigenvalue weighted by atomic mass is 9.73. The Labute approximate surface area is 121 Å². The minimum atomic E-state index is -0.248. The molecule has 3 rings (SSSR count). The Kier molecular flexibility index (Phi) is 3.34. The molecule has 0 unspecified atom stereocenters. The zero-order valence-electron chi connectivity index (χ0n) is 12.8. The largest absolute Gasteiger partial charge is 0.493 e. The smallest absolute Gasteiger partial charge is 0.458 e. The molecule has 0 saturated carbocycles. The van der Waals surface area contributed by atoms with Gasteiger partial charge in [-0.1, -0.05) is 18.2 Å². The second kappa shape index (κ2) is 4.78. The molecule has 20 heavy (non-hydrogen) atoms. The van der Waals surface area contributed by atoms with Crippen molar-refractivity contribution in [3.8, 4) is 5.75 Å². The first-order valence-corrected chi connectivity index (χ1v) is 7.46. The van der Waals surface area contributed by atoms with E-state index >= 15 is 0 Å². The van der Waals surface area contributed by atoms with Crippen LogP contribution in [0.4, 0.5) is 0 Å². The SMILES string of the molecule is CC1(C)OB(C[C@@H]2CCOc3ccccc32)OC1(C)C. The van der Waals surface area contributed by atoms with Crippen molar-refractivity contribution in [3.63, 3.8) is 0 Å². The summed E-state index contributed by atoms with van der Waals surface area (Å²) < 4.78 is 18.0. The predicted molar refractivity (Wildman–Crippen MR) is 80.2 cm³/mol. The van der Waals surface area contributed by atoms with Gasteiger partial charge >= 0.3 is 7.12 Å². The molecule has 1 atom stereocenters. The molecular formula is C16H23BO3. The lowest BCUT2D eigenvalue weighted by molar-refractivity contribution is 0.00578. The van der Waals surface area contributed by atoms with Gasteiger partial charge in [0.1, 0.15) is 5.75 Å². The van der Waals surface area contributed by atoms with E-state index in [0.717, 1.165) is 25.1 Å². The van der Waals surface area contributed by atoms with E-state index in [4.69, 9.17) is 14.0 Å². The maximum Gasteiger partial charge on any atom is 0.458 e. The van der Waals surface area contributed by atoms with Crippen LogP contribution in [0.1, 0.15) is 45.6 Å². The van der Waals surface area contributed by atoms with Gasteiger partial charge in [0.15, 0.2) is 0 Å². The molecular weight excluding hydrogens is 251 g/mol. The summed E-state index contributed by atoms with van der Waals surface area (Å²) in [4.78, 5) is 0. The quantitative estimate of drug-likeness (QED) is 0.770. The lowest BCUT2D eigenvalue weighted by Gasteiger charge is -2.32. The maximum atomic E-state index is 6.12. The van der Waals surface area contributed by atoms with Gasteiger partial charge in [0.2, 0.25) is 0 Å². The van der Waals surface area contributed by atoms with Crippen LogP contribution in [0.25, 0.3) is 0 Å². The van der Waals surface area contributed by atoms with E-state index in [9.17, 15) is 0 Å². The number of benzene rings is 1. The molecule has 0 amide bonds. The molecule has 2 heterocycles. The highest BCUT2D eigenvalue weighted by atomic mass is 16.7. The van der Waals surface area contributed by atoms with Crippen LogP contribution < -0.4 is 4.74 Å². The standard InChI is InChI=1S/C16H23BO3/c1-15(2)16(3,4)20-17(19-15)11-12-9-10-18-14-8-6-5-7-13(12)14/h5-8,12H,9-11H2,1-4H3/t12-/m0/s1. The van der Waals surface area contributed by atoms with Crippen molar-refractivity contribution in [2.24, 2.45) is 0 Å². The average molecular weight is 274 g/mol. The number of ether oxygens (including phenoxy) is 1. The van der Waals surface area contributed by atoms with Gasteiger partial charge in [0.05, 0.1) is 17.8 Å². The second-order valence-corrected chi connectivity index (χ2v) is 6.79. The van der Waals surface area contributed by atoms with Gasteiger partial charge in [0.25, 0.3) is 0 Å². The molecule has 3 nitrogen and oxygen atoms in total. The number of para-hydroxylation sites is 1. The summed E-state index contributed by atoms with van der Waals surface area (Å²) in [5, 5.41) is 0. The van der Waals surface area contributed by atoms with E-state index in [0.29, 0.717) is 5.92 Å². The van der Waals surface area contributed by atoms with Gasteiger partial charge in [-0.3, -0.25) is 0 Å². The van der Waals surface area contributed by atoms with E-state index in [2.05, 4.69) is 39.8 Å². The summed E-state index contributed by atoms with van der Waals surface area (Å²) >= 11 is 0. The molecule has 2 aliphatic heterocycles. The topological polar surface area (TPSA) is 27.7 Å². The summed E-state index contributed by atoms with van der Waals surface area (Å²) in [5.74, 6) is 1.47. The summed E-state index contributed by atoms with van der Waals surface area (Å²) in [7, 11) is -0.129. The van der Waals surface area contributed by atoms with E-state index in [1.54, 1.807) is 0 Å². The summed E-state index contributed by atoms with van der Waals surface area (Å²) in [6.07, 6.45) is 1.92. The fraction of sp³-hybridized carbons (Fsp3) is 0.625. The van der Waals surface area contributed by atoms with E-state index in [-0.39, 0.29) is 18.3 Å². The molecule has 0 radical (unpaired) electrons. The zero-order valence-corrected chi connectivity index (χ0v) is 12.8. The first kappa shape index (κ1) is 14.0. The van der Waals surface area contributed by atoms with E-state index in [1.165, 1.54) is 5.56 Å². The summed E-state index contributed by atoms with van der Waals surface area (Å²) in [6.45, 7) is 9.19. The Balaban J connectivity index is 1.75. The van der Waals surface area contributed by atoms with Crippen molar-refractivity contribution in [1.29, 1.82) is 0 Å². The fourth-order valence-electron chi connectivity index (χ4n) is 2.95. The number of hydrogen-bond acceptors (Lipinski definition) is 3. The highest BCUT2D eigenvalue weighted by Gasteiger charge is 2.51. The van der Waals surface area contributed by atoms with Gasteiger partial charge in [-0.2, -0.15) is 0 Å². The minimum absolute atomic E-state index is 0.129.